The van der Waals surface area contributed by atoms with Gasteiger partial charge in [-0.3, -0.25) is 0 Å². The molecule has 0 radical (unpaired) electrons. The van der Waals surface area contributed by atoms with Gasteiger partial charge in [0, 0.05) is 0 Å². The van der Waals surface area contributed by atoms with E-state index in [1.807, 2.05) is 12.1 Å². The third kappa shape index (κ3) is 2.43. The van der Waals surface area contributed by atoms with Crippen molar-refractivity contribution >= 4 is 5.97 Å². The van der Waals surface area contributed by atoms with Crippen molar-refractivity contribution in [1.29, 1.82) is 0 Å². The molecule has 3 nitrogen and oxygen atoms in total. The Bertz CT molecular complexity index is 435. The predicted octanol–water partition coefficient (Wildman–Crippen LogP) is 2.51. The van der Waals surface area contributed by atoms with Crippen molar-refractivity contribution in [3.63, 3.8) is 0 Å². The van der Waals surface area contributed by atoms with Gasteiger partial charge in [0.05, 0.1) is 7.11 Å². The molecule has 0 heterocycles. The van der Waals surface area contributed by atoms with Crippen LogP contribution in [0.3, 0.4) is 0 Å². The molecule has 0 aliphatic heterocycles. The molecule has 2 rings (SSSR count). The van der Waals surface area contributed by atoms with Gasteiger partial charge in [-0.1, -0.05) is 6.07 Å². The number of methoxy groups -OCH3 is 1. The Kier molecular flexibility index (Phi) is 3.09. The zero-order valence-corrected chi connectivity index (χ0v) is 10.6. The van der Waals surface area contributed by atoms with E-state index in [9.17, 15) is 4.79 Å². The Morgan fingerprint density at radius 2 is 1.94 bits per heavy atom. The van der Waals surface area contributed by atoms with Gasteiger partial charge in [-0.05, 0) is 56.4 Å². The lowest BCUT2D eigenvalue weighted by atomic mass is 10.1. The van der Waals surface area contributed by atoms with E-state index < -0.39 is 5.60 Å². The Hall–Kier alpha value is -1.51. The van der Waals surface area contributed by atoms with Crippen LogP contribution in [0.5, 0.6) is 5.75 Å². The fraction of sp³-hybridized carbons (Fsp3) is 0.500. The molecule has 1 aromatic rings. The van der Waals surface area contributed by atoms with Crippen LogP contribution < -0.4 is 4.74 Å². The van der Waals surface area contributed by atoms with E-state index >= 15 is 0 Å². The van der Waals surface area contributed by atoms with Gasteiger partial charge in [-0.15, -0.1) is 0 Å². The van der Waals surface area contributed by atoms with Crippen molar-refractivity contribution in [3.8, 4) is 5.75 Å². The van der Waals surface area contributed by atoms with Crippen LogP contribution in [0.2, 0.25) is 0 Å². The normalized spacial score (nSPS) is 14.3. The summed E-state index contributed by atoms with van der Waals surface area (Å²) < 4.78 is 10.4. The minimum Gasteiger partial charge on any atom is -0.476 e. The summed E-state index contributed by atoms with van der Waals surface area (Å²) in [6.45, 7) is 3.43. The number of hydrogen-bond donors (Lipinski definition) is 0. The summed E-state index contributed by atoms with van der Waals surface area (Å²) in [5, 5.41) is 0. The standard InChI is InChI=1S/C14H18O3/c1-14(2,13(15)16-3)17-12-8-7-10-5-4-6-11(10)9-12/h7-9H,4-6H2,1-3H3. The molecule has 0 aromatic heterocycles. The lowest BCUT2D eigenvalue weighted by Crippen LogP contribution is -2.39. The smallest absolute Gasteiger partial charge is 0.349 e. The first-order chi connectivity index (χ1) is 8.03. The number of hydrogen-bond acceptors (Lipinski definition) is 3. The van der Waals surface area contributed by atoms with Gasteiger partial charge in [-0.2, -0.15) is 0 Å². The first-order valence-corrected chi connectivity index (χ1v) is 5.92. The maximum atomic E-state index is 11.5. The number of esters is 1. The van der Waals surface area contributed by atoms with Crippen LogP contribution in [0.1, 0.15) is 31.4 Å². The van der Waals surface area contributed by atoms with E-state index in [0.29, 0.717) is 0 Å². The highest BCUT2D eigenvalue weighted by atomic mass is 16.6. The Labute approximate surface area is 102 Å². The number of benzene rings is 1. The topological polar surface area (TPSA) is 35.5 Å². The summed E-state index contributed by atoms with van der Waals surface area (Å²) in [7, 11) is 1.37. The molecule has 0 unspecified atom stereocenters. The number of fused-ring (bicyclic) bond motifs is 1. The lowest BCUT2D eigenvalue weighted by Gasteiger charge is -2.23. The summed E-state index contributed by atoms with van der Waals surface area (Å²) >= 11 is 0. The molecule has 0 saturated heterocycles. The highest BCUT2D eigenvalue weighted by molar-refractivity contribution is 5.78. The summed E-state index contributed by atoms with van der Waals surface area (Å²) in [4.78, 5) is 11.5. The van der Waals surface area contributed by atoms with Crippen LogP contribution >= 0.6 is 0 Å². The summed E-state index contributed by atoms with van der Waals surface area (Å²) in [6, 6.07) is 6.05. The van der Waals surface area contributed by atoms with Gasteiger partial charge in [-0.25, -0.2) is 4.79 Å². The molecule has 0 saturated carbocycles. The van der Waals surface area contributed by atoms with Gasteiger partial charge in [0.1, 0.15) is 5.75 Å². The SMILES string of the molecule is COC(=O)C(C)(C)Oc1ccc2c(c1)CCC2. The number of aryl methyl sites for hydroxylation is 2. The zero-order valence-electron chi connectivity index (χ0n) is 10.6. The first kappa shape index (κ1) is 12.0. The predicted molar refractivity (Wildman–Crippen MR) is 65.2 cm³/mol. The highest BCUT2D eigenvalue weighted by Gasteiger charge is 2.31. The number of rotatable bonds is 3. The fourth-order valence-corrected chi connectivity index (χ4v) is 2.19. The number of carbonyl (C=O) groups is 1. The zero-order chi connectivity index (χ0) is 12.5. The van der Waals surface area contributed by atoms with Crippen molar-refractivity contribution in [2.45, 2.75) is 38.7 Å². The van der Waals surface area contributed by atoms with E-state index in [1.54, 1.807) is 13.8 Å². The van der Waals surface area contributed by atoms with Crippen LogP contribution in [-0.4, -0.2) is 18.7 Å². The molecule has 0 atom stereocenters. The largest absolute Gasteiger partial charge is 0.476 e. The van der Waals surface area contributed by atoms with E-state index in [-0.39, 0.29) is 5.97 Å². The lowest BCUT2D eigenvalue weighted by molar-refractivity contribution is -0.156. The number of ether oxygens (including phenoxy) is 2. The molecule has 0 fully saturated rings. The molecule has 92 valence electrons. The quantitative estimate of drug-likeness (QED) is 0.754. The summed E-state index contributed by atoms with van der Waals surface area (Å²) in [5.74, 6) is 0.374. The van der Waals surface area contributed by atoms with E-state index in [0.717, 1.165) is 18.6 Å². The Balaban J connectivity index is 2.16. The third-order valence-corrected chi connectivity index (χ3v) is 3.12. The molecule has 17 heavy (non-hydrogen) atoms. The second-order valence-corrected chi connectivity index (χ2v) is 4.89. The van der Waals surface area contributed by atoms with Gasteiger partial charge < -0.3 is 9.47 Å². The van der Waals surface area contributed by atoms with E-state index in [1.165, 1.54) is 24.7 Å². The average Bonchev–Trinajstić information content (AvgIpc) is 2.74. The van der Waals surface area contributed by atoms with Crippen molar-refractivity contribution < 1.29 is 14.3 Å². The molecule has 3 heteroatoms. The molecular weight excluding hydrogens is 216 g/mol. The third-order valence-electron chi connectivity index (χ3n) is 3.12. The maximum Gasteiger partial charge on any atom is 0.349 e. The molecule has 0 bridgehead atoms. The van der Waals surface area contributed by atoms with Gasteiger partial charge in [0.15, 0.2) is 5.60 Å². The summed E-state index contributed by atoms with van der Waals surface area (Å²) in [5.41, 5.74) is 1.79. The first-order valence-electron chi connectivity index (χ1n) is 5.92. The van der Waals surface area contributed by atoms with Gasteiger partial charge >= 0.3 is 5.97 Å². The van der Waals surface area contributed by atoms with Crippen molar-refractivity contribution in [1.82, 2.24) is 0 Å². The van der Waals surface area contributed by atoms with Crippen molar-refractivity contribution in [2.75, 3.05) is 7.11 Å². The van der Waals surface area contributed by atoms with E-state index in [4.69, 9.17) is 9.47 Å². The second-order valence-electron chi connectivity index (χ2n) is 4.89. The monoisotopic (exact) mass is 234 g/mol. The van der Waals surface area contributed by atoms with E-state index in [2.05, 4.69) is 6.07 Å². The molecule has 1 aromatic carbocycles. The highest BCUT2D eigenvalue weighted by Crippen LogP contribution is 2.28. The minimum atomic E-state index is -0.943. The van der Waals surface area contributed by atoms with Crippen LogP contribution in [0.25, 0.3) is 0 Å². The van der Waals surface area contributed by atoms with Gasteiger partial charge in [0.25, 0.3) is 0 Å². The number of carbonyl (C=O) groups excluding carboxylic acids is 1. The minimum absolute atomic E-state index is 0.363. The molecule has 1 aliphatic rings. The van der Waals surface area contributed by atoms with Gasteiger partial charge in [0.2, 0.25) is 0 Å². The second kappa shape index (κ2) is 4.40. The van der Waals surface area contributed by atoms with Crippen LogP contribution in [0, 0.1) is 0 Å². The van der Waals surface area contributed by atoms with Crippen LogP contribution in [0.15, 0.2) is 18.2 Å². The van der Waals surface area contributed by atoms with Crippen LogP contribution in [-0.2, 0) is 22.4 Å². The molecule has 0 N–H and O–H groups in total. The maximum absolute atomic E-state index is 11.5. The van der Waals surface area contributed by atoms with Crippen molar-refractivity contribution in [3.05, 3.63) is 29.3 Å². The Morgan fingerprint density at radius 1 is 1.24 bits per heavy atom. The molecule has 0 spiro atoms. The molecular formula is C14H18O3. The molecule has 0 amide bonds. The average molecular weight is 234 g/mol. The molecule has 1 aliphatic carbocycles. The van der Waals surface area contributed by atoms with Crippen molar-refractivity contribution in [2.24, 2.45) is 0 Å². The Morgan fingerprint density at radius 3 is 2.65 bits per heavy atom. The fourth-order valence-electron chi connectivity index (χ4n) is 2.19. The van der Waals surface area contributed by atoms with Crippen LogP contribution in [0.4, 0.5) is 0 Å². The summed E-state index contributed by atoms with van der Waals surface area (Å²) in [6.07, 6.45) is 3.46.